The van der Waals surface area contributed by atoms with E-state index in [9.17, 15) is 13.2 Å². The van der Waals surface area contributed by atoms with E-state index in [0.29, 0.717) is 10.6 Å². The molecule has 2 aromatic rings. The van der Waals surface area contributed by atoms with Crippen LogP contribution in [0.4, 0.5) is 0 Å². The lowest BCUT2D eigenvalue weighted by molar-refractivity contribution is -0.149. The van der Waals surface area contributed by atoms with Crippen molar-refractivity contribution in [3.63, 3.8) is 0 Å². The Balaban J connectivity index is 2.10. The average Bonchev–Trinajstić information content (AvgIpc) is 3.34. The Morgan fingerprint density at radius 2 is 1.74 bits per heavy atom. The van der Waals surface area contributed by atoms with E-state index in [2.05, 4.69) is 0 Å². The van der Waals surface area contributed by atoms with Gasteiger partial charge < -0.3 is 10.5 Å². The Hall–Kier alpha value is -1.89. The van der Waals surface area contributed by atoms with Crippen LogP contribution in [0.15, 0.2) is 53.4 Å². The highest BCUT2D eigenvalue weighted by Crippen LogP contribution is 2.64. The smallest absolute Gasteiger partial charge is 0.315 e. The third-order valence-corrected chi connectivity index (χ3v) is 7.71. The first-order valence-electron chi connectivity index (χ1n) is 8.72. The van der Waals surface area contributed by atoms with Gasteiger partial charge in [-0.2, -0.15) is 0 Å². The quantitative estimate of drug-likeness (QED) is 0.743. The summed E-state index contributed by atoms with van der Waals surface area (Å²) in [7, 11) is -3.79. The van der Waals surface area contributed by atoms with Crippen LogP contribution >= 0.6 is 11.6 Å². The minimum Gasteiger partial charge on any atom is -0.465 e. The molecule has 5 nitrogen and oxygen atoms in total. The molecule has 0 saturated heterocycles. The van der Waals surface area contributed by atoms with E-state index in [1.54, 1.807) is 55.5 Å². The van der Waals surface area contributed by atoms with Gasteiger partial charge >= 0.3 is 5.97 Å². The van der Waals surface area contributed by atoms with E-state index in [-0.39, 0.29) is 18.0 Å². The molecule has 3 atom stereocenters. The maximum absolute atomic E-state index is 13.4. The number of hydrogen-bond acceptors (Lipinski definition) is 5. The number of rotatable bonds is 6. The van der Waals surface area contributed by atoms with Crippen LogP contribution in [0.5, 0.6) is 0 Å². The van der Waals surface area contributed by atoms with E-state index >= 15 is 0 Å². The Morgan fingerprint density at radius 3 is 2.26 bits per heavy atom. The van der Waals surface area contributed by atoms with Crippen LogP contribution < -0.4 is 5.73 Å². The topological polar surface area (TPSA) is 86.5 Å². The Labute approximate surface area is 164 Å². The molecule has 3 rings (SSSR count). The molecule has 0 aliphatic heterocycles. The summed E-state index contributed by atoms with van der Waals surface area (Å²) >= 11 is 5.96. The number of esters is 1. The fourth-order valence-corrected chi connectivity index (χ4v) is 6.22. The lowest BCUT2D eigenvalue weighted by atomic mass is 9.99. The molecule has 1 aliphatic rings. The van der Waals surface area contributed by atoms with E-state index in [0.717, 1.165) is 5.56 Å². The highest BCUT2D eigenvalue weighted by Gasteiger charge is 2.75. The molecule has 0 unspecified atom stereocenters. The molecule has 7 heteroatoms. The minimum atomic E-state index is -3.79. The van der Waals surface area contributed by atoms with Crippen LogP contribution in [0.3, 0.4) is 0 Å². The first kappa shape index (κ1) is 19.9. The van der Waals surface area contributed by atoms with Crippen molar-refractivity contribution in [3.05, 3.63) is 64.7 Å². The second-order valence-electron chi connectivity index (χ2n) is 6.77. The summed E-state index contributed by atoms with van der Waals surface area (Å²) < 4.78 is 31.9. The van der Waals surface area contributed by atoms with Gasteiger partial charge in [-0.05, 0) is 43.7 Å². The van der Waals surface area contributed by atoms with Crippen LogP contribution in [0.1, 0.15) is 24.0 Å². The average molecular weight is 408 g/mol. The summed E-state index contributed by atoms with van der Waals surface area (Å²) in [6, 6.07) is 13.4. The molecule has 1 saturated carbocycles. The second kappa shape index (κ2) is 7.26. The SMILES string of the molecule is CCOC(=O)[C@]1(CN)[C@H](c2ccc(Cl)cc2)[C@@H]1S(=O)(=O)c1ccc(C)cc1. The zero-order chi connectivity index (χ0) is 19.8. The number of sulfone groups is 1. The van der Waals surface area contributed by atoms with E-state index < -0.39 is 32.4 Å². The van der Waals surface area contributed by atoms with Crippen LogP contribution in [0, 0.1) is 12.3 Å². The number of benzene rings is 2. The van der Waals surface area contributed by atoms with Gasteiger partial charge in [0.25, 0.3) is 0 Å². The van der Waals surface area contributed by atoms with Gasteiger partial charge in [-0.1, -0.05) is 41.4 Å². The fraction of sp³-hybridized carbons (Fsp3) is 0.350. The predicted molar refractivity (Wildman–Crippen MR) is 104 cm³/mol. The molecule has 1 aliphatic carbocycles. The number of carbonyl (C=O) groups excluding carboxylic acids is 1. The van der Waals surface area contributed by atoms with Crippen LogP contribution in [-0.2, 0) is 19.4 Å². The summed E-state index contributed by atoms with van der Waals surface area (Å²) in [5.41, 5.74) is 6.32. The fourth-order valence-electron chi connectivity index (χ4n) is 3.71. The molecule has 144 valence electrons. The summed E-state index contributed by atoms with van der Waals surface area (Å²) in [6.45, 7) is 3.61. The number of ether oxygens (including phenoxy) is 1. The van der Waals surface area contributed by atoms with Crippen molar-refractivity contribution in [1.29, 1.82) is 0 Å². The third-order valence-electron chi connectivity index (χ3n) is 5.16. The van der Waals surface area contributed by atoms with E-state index in [1.165, 1.54) is 0 Å². The number of hydrogen-bond donors (Lipinski definition) is 1. The summed E-state index contributed by atoms with van der Waals surface area (Å²) in [5.74, 6) is -1.15. The van der Waals surface area contributed by atoms with Crippen LogP contribution in [0.25, 0.3) is 0 Å². The largest absolute Gasteiger partial charge is 0.465 e. The van der Waals surface area contributed by atoms with Gasteiger partial charge in [-0.25, -0.2) is 8.42 Å². The first-order chi connectivity index (χ1) is 12.8. The Kier molecular flexibility index (Phi) is 5.34. The zero-order valence-corrected chi connectivity index (χ0v) is 16.8. The minimum absolute atomic E-state index is 0.116. The number of aryl methyl sites for hydroxylation is 1. The molecule has 0 bridgehead atoms. The Morgan fingerprint density at radius 1 is 1.15 bits per heavy atom. The molecule has 0 spiro atoms. The maximum Gasteiger partial charge on any atom is 0.315 e. The van der Waals surface area contributed by atoms with Crippen molar-refractivity contribution in [1.82, 2.24) is 0 Å². The highest BCUT2D eigenvalue weighted by molar-refractivity contribution is 7.92. The van der Waals surface area contributed by atoms with Gasteiger partial charge in [-0.3, -0.25) is 4.79 Å². The van der Waals surface area contributed by atoms with Crippen molar-refractivity contribution < 1.29 is 17.9 Å². The number of nitrogens with two attached hydrogens (primary N) is 1. The van der Waals surface area contributed by atoms with Crippen molar-refractivity contribution >= 4 is 27.4 Å². The lowest BCUT2D eigenvalue weighted by Crippen LogP contribution is -2.33. The molecule has 0 heterocycles. The summed E-state index contributed by atoms with van der Waals surface area (Å²) in [4.78, 5) is 12.9. The number of halogens is 1. The molecule has 1 fully saturated rings. The molecular weight excluding hydrogens is 386 g/mol. The van der Waals surface area contributed by atoms with Gasteiger partial charge in [0, 0.05) is 17.5 Å². The van der Waals surface area contributed by atoms with Gasteiger partial charge in [-0.15, -0.1) is 0 Å². The normalized spacial score (nSPS) is 24.4. The molecule has 2 aromatic carbocycles. The molecule has 27 heavy (non-hydrogen) atoms. The van der Waals surface area contributed by atoms with Crippen molar-refractivity contribution in [2.45, 2.75) is 29.9 Å². The predicted octanol–water partition coefficient (Wildman–Crippen LogP) is 3.10. The van der Waals surface area contributed by atoms with Crippen LogP contribution in [0.2, 0.25) is 5.02 Å². The lowest BCUT2D eigenvalue weighted by Gasteiger charge is -2.14. The molecular formula is C20H22ClNO4S. The van der Waals surface area contributed by atoms with Gasteiger partial charge in [0.05, 0.1) is 16.8 Å². The summed E-state index contributed by atoms with van der Waals surface area (Å²) in [6.07, 6.45) is 0. The molecule has 0 aromatic heterocycles. The van der Waals surface area contributed by atoms with Gasteiger partial charge in [0.15, 0.2) is 9.84 Å². The first-order valence-corrected chi connectivity index (χ1v) is 10.6. The molecule has 2 N–H and O–H groups in total. The van der Waals surface area contributed by atoms with Gasteiger partial charge in [0.2, 0.25) is 0 Å². The zero-order valence-electron chi connectivity index (χ0n) is 15.2. The van der Waals surface area contributed by atoms with E-state index in [1.807, 2.05) is 6.92 Å². The van der Waals surface area contributed by atoms with Crippen LogP contribution in [-0.4, -0.2) is 32.8 Å². The number of carbonyl (C=O) groups is 1. The van der Waals surface area contributed by atoms with E-state index in [4.69, 9.17) is 22.1 Å². The summed E-state index contributed by atoms with van der Waals surface area (Å²) in [5, 5.41) is -0.440. The van der Waals surface area contributed by atoms with Crippen molar-refractivity contribution in [3.8, 4) is 0 Å². The van der Waals surface area contributed by atoms with Crippen molar-refractivity contribution in [2.24, 2.45) is 11.1 Å². The highest BCUT2D eigenvalue weighted by atomic mass is 35.5. The molecule has 0 radical (unpaired) electrons. The van der Waals surface area contributed by atoms with Gasteiger partial charge in [0.1, 0.15) is 5.41 Å². The second-order valence-corrected chi connectivity index (χ2v) is 9.28. The maximum atomic E-state index is 13.4. The van der Waals surface area contributed by atoms with Crippen molar-refractivity contribution in [2.75, 3.05) is 13.2 Å². The monoisotopic (exact) mass is 407 g/mol. The molecule has 0 amide bonds. The third kappa shape index (κ3) is 3.26. The Bertz CT molecular complexity index is 941. The standard InChI is InChI=1S/C20H22ClNO4S/c1-3-26-19(23)20(12-22)17(14-6-8-15(21)9-7-14)18(20)27(24,25)16-10-4-13(2)5-11-16/h4-11,17-18H,3,12,22H2,1-2H3/t17-,18+,20-/m1/s1.